The highest BCUT2D eigenvalue weighted by molar-refractivity contribution is 7.13. The van der Waals surface area contributed by atoms with Gasteiger partial charge in [-0.3, -0.25) is 9.88 Å². The minimum atomic E-state index is 0. The van der Waals surface area contributed by atoms with Gasteiger partial charge in [0.25, 0.3) is 0 Å². The molecular formula is C16H21ClN4S. The number of nitrogens with zero attached hydrogens (tertiary/aromatic N) is 3. The van der Waals surface area contributed by atoms with Crippen molar-refractivity contribution in [3.05, 3.63) is 35.5 Å². The predicted molar refractivity (Wildman–Crippen MR) is 92.4 cm³/mol. The molecule has 4 rings (SSSR count). The fourth-order valence-electron chi connectivity index (χ4n) is 3.52. The third-order valence-electron chi connectivity index (χ3n) is 4.67. The highest BCUT2D eigenvalue weighted by Crippen LogP contribution is 2.36. The van der Waals surface area contributed by atoms with Gasteiger partial charge in [0.2, 0.25) is 0 Å². The summed E-state index contributed by atoms with van der Waals surface area (Å²) in [6.45, 7) is 5.79. The van der Waals surface area contributed by atoms with E-state index >= 15 is 0 Å². The third kappa shape index (κ3) is 3.18. The number of thiazole rings is 1. The molecule has 0 aromatic carbocycles. The van der Waals surface area contributed by atoms with E-state index in [0.29, 0.717) is 5.41 Å². The SMILES string of the molecule is Cl.c1ccc(-c2nc(CN3CCC4(CCNC4)C3)cs2)nc1. The highest BCUT2D eigenvalue weighted by atomic mass is 35.5. The first-order valence-electron chi connectivity index (χ1n) is 7.62. The Hall–Kier alpha value is -1.01. The molecule has 2 fully saturated rings. The average Bonchev–Trinajstić information content (AvgIpc) is 3.24. The largest absolute Gasteiger partial charge is 0.316 e. The van der Waals surface area contributed by atoms with Crippen molar-refractivity contribution >= 4 is 23.7 Å². The van der Waals surface area contributed by atoms with E-state index in [9.17, 15) is 0 Å². The van der Waals surface area contributed by atoms with E-state index in [0.717, 1.165) is 17.2 Å². The summed E-state index contributed by atoms with van der Waals surface area (Å²) < 4.78 is 0. The van der Waals surface area contributed by atoms with Gasteiger partial charge in [-0.2, -0.15) is 0 Å². The molecule has 2 saturated heterocycles. The number of rotatable bonds is 3. The molecule has 2 aromatic heterocycles. The molecule has 0 bridgehead atoms. The van der Waals surface area contributed by atoms with E-state index in [1.54, 1.807) is 11.3 Å². The number of hydrogen-bond donors (Lipinski definition) is 1. The molecule has 1 atom stereocenters. The normalized spacial score (nSPS) is 24.7. The molecule has 1 unspecified atom stereocenters. The Morgan fingerprint density at radius 2 is 2.27 bits per heavy atom. The first-order valence-corrected chi connectivity index (χ1v) is 8.50. The van der Waals surface area contributed by atoms with Crippen molar-refractivity contribution in [1.29, 1.82) is 0 Å². The van der Waals surface area contributed by atoms with Gasteiger partial charge in [0.1, 0.15) is 5.01 Å². The number of nitrogens with one attached hydrogen (secondary N) is 1. The fourth-order valence-corrected chi connectivity index (χ4v) is 4.31. The maximum Gasteiger partial charge on any atom is 0.142 e. The molecule has 2 aliphatic heterocycles. The van der Waals surface area contributed by atoms with Crippen molar-refractivity contribution in [2.45, 2.75) is 19.4 Å². The summed E-state index contributed by atoms with van der Waals surface area (Å²) in [5.41, 5.74) is 2.70. The van der Waals surface area contributed by atoms with Crippen molar-refractivity contribution in [2.24, 2.45) is 5.41 Å². The number of halogens is 1. The van der Waals surface area contributed by atoms with E-state index in [1.165, 1.54) is 44.7 Å². The monoisotopic (exact) mass is 336 g/mol. The number of hydrogen-bond acceptors (Lipinski definition) is 5. The van der Waals surface area contributed by atoms with Gasteiger partial charge in [0.15, 0.2) is 0 Å². The van der Waals surface area contributed by atoms with Crippen LogP contribution in [0, 0.1) is 5.41 Å². The summed E-state index contributed by atoms with van der Waals surface area (Å²) in [5, 5.41) is 6.73. The van der Waals surface area contributed by atoms with Crippen LogP contribution < -0.4 is 5.32 Å². The van der Waals surface area contributed by atoms with Gasteiger partial charge in [-0.1, -0.05) is 6.07 Å². The quantitative estimate of drug-likeness (QED) is 0.935. The topological polar surface area (TPSA) is 41.1 Å². The molecule has 2 aromatic rings. The van der Waals surface area contributed by atoms with Crippen LogP contribution in [0.2, 0.25) is 0 Å². The second-order valence-electron chi connectivity index (χ2n) is 6.25. The fraction of sp³-hybridized carbons (Fsp3) is 0.500. The van der Waals surface area contributed by atoms with Crippen LogP contribution >= 0.6 is 23.7 Å². The average molecular weight is 337 g/mol. The van der Waals surface area contributed by atoms with Crippen molar-refractivity contribution in [1.82, 2.24) is 20.2 Å². The van der Waals surface area contributed by atoms with Crippen LogP contribution in [0.3, 0.4) is 0 Å². The second kappa shape index (κ2) is 6.62. The van der Waals surface area contributed by atoms with Crippen molar-refractivity contribution < 1.29 is 0 Å². The molecule has 0 aliphatic carbocycles. The van der Waals surface area contributed by atoms with Crippen molar-refractivity contribution in [3.63, 3.8) is 0 Å². The van der Waals surface area contributed by atoms with Crippen LogP contribution in [0.25, 0.3) is 10.7 Å². The first-order chi connectivity index (χ1) is 10.3. The molecular weight excluding hydrogens is 316 g/mol. The Morgan fingerprint density at radius 3 is 3.05 bits per heavy atom. The number of likely N-dealkylation sites (tertiary alicyclic amines) is 1. The summed E-state index contributed by atoms with van der Waals surface area (Å²) in [5.74, 6) is 0. The lowest BCUT2D eigenvalue weighted by Gasteiger charge is -2.22. The van der Waals surface area contributed by atoms with Crippen molar-refractivity contribution in [3.8, 4) is 10.7 Å². The molecule has 118 valence electrons. The summed E-state index contributed by atoms with van der Waals surface area (Å²) in [7, 11) is 0. The lowest BCUT2D eigenvalue weighted by molar-refractivity contribution is 0.267. The van der Waals surface area contributed by atoms with Crippen molar-refractivity contribution in [2.75, 3.05) is 26.2 Å². The maximum atomic E-state index is 4.76. The minimum Gasteiger partial charge on any atom is -0.316 e. The third-order valence-corrected chi connectivity index (χ3v) is 5.58. The molecule has 4 nitrogen and oxygen atoms in total. The Kier molecular flexibility index (Phi) is 4.78. The molecule has 22 heavy (non-hydrogen) atoms. The molecule has 4 heterocycles. The van der Waals surface area contributed by atoms with Gasteiger partial charge >= 0.3 is 0 Å². The van der Waals surface area contributed by atoms with Gasteiger partial charge in [0.05, 0.1) is 11.4 Å². The molecule has 1 N–H and O–H groups in total. The minimum absolute atomic E-state index is 0. The van der Waals surface area contributed by atoms with Crippen LogP contribution in [0.1, 0.15) is 18.5 Å². The van der Waals surface area contributed by atoms with Crippen LogP contribution in [-0.4, -0.2) is 41.0 Å². The van der Waals surface area contributed by atoms with Crippen LogP contribution in [0.15, 0.2) is 29.8 Å². The number of aromatic nitrogens is 2. The molecule has 0 saturated carbocycles. The van der Waals surface area contributed by atoms with Gasteiger partial charge in [-0.05, 0) is 43.5 Å². The summed E-state index contributed by atoms with van der Waals surface area (Å²) in [6, 6.07) is 5.98. The Bertz CT molecular complexity index is 610. The summed E-state index contributed by atoms with van der Waals surface area (Å²) >= 11 is 1.70. The van der Waals surface area contributed by atoms with E-state index in [2.05, 4.69) is 20.6 Å². The first kappa shape index (κ1) is 15.9. The van der Waals surface area contributed by atoms with E-state index in [4.69, 9.17) is 4.98 Å². The smallest absolute Gasteiger partial charge is 0.142 e. The Morgan fingerprint density at radius 1 is 1.32 bits per heavy atom. The zero-order valence-electron chi connectivity index (χ0n) is 12.5. The lowest BCUT2D eigenvalue weighted by Crippen LogP contribution is -2.29. The Balaban J connectivity index is 0.00000144. The van der Waals surface area contributed by atoms with E-state index < -0.39 is 0 Å². The Labute approximate surface area is 141 Å². The standard InChI is InChI=1S/C16H20N4S.ClH/c1-2-6-18-14(3-1)15-19-13(10-21-15)9-20-8-5-16(12-20)4-7-17-11-16;/h1-3,6,10,17H,4-5,7-9,11-12H2;1H. The molecule has 2 aliphatic rings. The second-order valence-corrected chi connectivity index (χ2v) is 7.10. The van der Waals surface area contributed by atoms with Gasteiger partial charge < -0.3 is 5.32 Å². The number of pyridine rings is 1. The van der Waals surface area contributed by atoms with Crippen LogP contribution in [-0.2, 0) is 6.54 Å². The van der Waals surface area contributed by atoms with Gasteiger partial charge in [-0.15, -0.1) is 23.7 Å². The van der Waals surface area contributed by atoms with Crippen LogP contribution in [0.4, 0.5) is 0 Å². The lowest BCUT2D eigenvalue weighted by atomic mass is 9.87. The van der Waals surface area contributed by atoms with Gasteiger partial charge in [-0.25, -0.2) is 4.98 Å². The van der Waals surface area contributed by atoms with E-state index in [1.807, 2.05) is 24.4 Å². The molecule has 0 amide bonds. The molecule has 6 heteroatoms. The zero-order valence-corrected chi connectivity index (χ0v) is 14.1. The summed E-state index contributed by atoms with van der Waals surface area (Å²) in [4.78, 5) is 11.7. The van der Waals surface area contributed by atoms with Crippen LogP contribution in [0.5, 0.6) is 0 Å². The summed E-state index contributed by atoms with van der Waals surface area (Å²) in [6.07, 6.45) is 4.49. The predicted octanol–water partition coefficient (Wildman–Crippen LogP) is 2.81. The maximum absolute atomic E-state index is 4.76. The highest BCUT2D eigenvalue weighted by Gasteiger charge is 2.40. The van der Waals surface area contributed by atoms with Gasteiger partial charge in [0, 0.05) is 31.2 Å². The zero-order chi connectivity index (χ0) is 14.1. The molecule has 0 radical (unpaired) electrons. The molecule has 1 spiro atoms. The van der Waals surface area contributed by atoms with E-state index in [-0.39, 0.29) is 12.4 Å².